The summed E-state index contributed by atoms with van der Waals surface area (Å²) in [5.74, 6) is 0.993. The first-order chi connectivity index (χ1) is 15.3. The fourth-order valence-electron chi connectivity index (χ4n) is 2.84. The molecule has 7 nitrogen and oxygen atoms in total. The highest BCUT2D eigenvalue weighted by Crippen LogP contribution is 2.29. The number of para-hydroxylation sites is 1. The molecular weight excluding hydrogens is 452 g/mol. The van der Waals surface area contributed by atoms with Crippen molar-refractivity contribution in [3.05, 3.63) is 77.8 Å². The molecule has 9 heteroatoms. The van der Waals surface area contributed by atoms with Crippen molar-refractivity contribution in [1.82, 2.24) is 4.31 Å². The molecule has 0 aromatic heterocycles. The SMILES string of the molecule is CCOc1ccc(Cl)cc1S(=O)(=O)N(C)CC(=O)Nc1ccc(Oc2ccccc2)cc1. The van der Waals surface area contributed by atoms with Gasteiger partial charge < -0.3 is 14.8 Å². The Bertz CT molecular complexity index is 1170. The second kappa shape index (κ2) is 10.5. The van der Waals surface area contributed by atoms with E-state index in [1.807, 2.05) is 30.3 Å². The smallest absolute Gasteiger partial charge is 0.247 e. The zero-order valence-electron chi connectivity index (χ0n) is 17.6. The number of anilines is 1. The minimum Gasteiger partial charge on any atom is -0.492 e. The van der Waals surface area contributed by atoms with Crippen LogP contribution in [0.1, 0.15) is 6.92 Å². The maximum Gasteiger partial charge on any atom is 0.247 e. The summed E-state index contributed by atoms with van der Waals surface area (Å²) in [5, 5.41) is 2.93. The van der Waals surface area contributed by atoms with Crippen LogP contribution in [0.25, 0.3) is 0 Å². The van der Waals surface area contributed by atoms with Gasteiger partial charge >= 0.3 is 0 Å². The van der Waals surface area contributed by atoms with Gasteiger partial charge in [0.25, 0.3) is 0 Å². The van der Waals surface area contributed by atoms with Crippen LogP contribution in [0.5, 0.6) is 17.2 Å². The van der Waals surface area contributed by atoms with E-state index in [9.17, 15) is 13.2 Å². The van der Waals surface area contributed by atoms with Crippen molar-refractivity contribution >= 4 is 33.2 Å². The molecule has 0 spiro atoms. The minimum absolute atomic E-state index is 0.0930. The number of rotatable bonds is 9. The molecule has 0 bridgehead atoms. The number of hydrogen-bond acceptors (Lipinski definition) is 5. The number of hydrogen-bond donors (Lipinski definition) is 1. The van der Waals surface area contributed by atoms with E-state index in [-0.39, 0.29) is 22.2 Å². The van der Waals surface area contributed by atoms with Crippen molar-refractivity contribution in [3.63, 3.8) is 0 Å². The van der Waals surface area contributed by atoms with Crippen molar-refractivity contribution in [1.29, 1.82) is 0 Å². The van der Waals surface area contributed by atoms with E-state index in [2.05, 4.69) is 5.32 Å². The summed E-state index contributed by atoms with van der Waals surface area (Å²) in [7, 11) is -2.68. The number of benzene rings is 3. The lowest BCUT2D eigenvalue weighted by Gasteiger charge is -2.19. The topological polar surface area (TPSA) is 84.9 Å². The maximum atomic E-state index is 13.0. The lowest BCUT2D eigenvalue weighted by Crippen LogP contribution is -2.35. The number of nitrogens with one attached hydrogen (secondary N) is 1. The summed E-state index contributed by atoms with van der Waals surface area (Å²) in [6.07, 6.45) is 0. The molecule has 1 amide bonds. The molecule has 0 aliphatic rings. The summed E-state index contributed by atoms with van der Waals surface area (Å²) >= 11 is 5.98. The summed E-state index contributed by atoms with van der Waals surface area (Å²) in [6, 6.07) is 20.4. The standard InChI is InChI=1S/C23H23ClN2O5S/c1-3-30-21-14-9-17(24)15-22(21)32(28,29)26(2)16-23(27)25-18-10-12-20(13-11-18)31-19-7-5-4-6-8-19/h4-15H,3,16H2,1-2H3,(H,25,27). The van der Waals surface area contributed by atoms with Gasteiger partial charge in [0.15, 0.2) is 0 Å². The summed E-state index contributed by atoms with van der Waals surface area (Å²) < 4.78 is 38.0. The fourth-order valence-corrected chi connectivity index (χ4v) is 4.36. The Hall–Kier alpha value is -3.07. The molecule has 0 fully saturated rings. The van der Waals surface area contributed by atoms with Crippen LogP contribution in [0.2, 0.25) is 5.02 Å². The van der Waals surface area contributed by atoms with Gasteiger partial charge in [-0.3, -0.25) is 4.79 Å². The van der Waals surface area contributed by atoms with Gasteiger partial charge in [0.2, 0.25) is 15.9 Å². The molecule has 3 aromatic carbocycles. The number of carbonyl (C=O) groups excluding carboxylic acids is 1. The van der Waals surface area contributed by atoms with Gasteiger partial charge in [0.05, 0.1) is 13.2 Å². The van der Waals surface area contributed by atoms with E-state index >= 15 is 0 Å². The predicted octanol–water partition coefficient (Wildman–Crippen LogP) is 4.79. The van der Waals surface area contributed by atoms with Crippen LogP contribution in [0.15, 0.2) is 77.7 Å². The molecule has 0 heterocycles. The van der Waals surface area contributed by atoms with E-state index in [0.717, 1.165) is 4.31 Å². The van der Waals surface area contributed by atoms with E-state index in [1.54, 1.807) is 37.3 Å². The van der Waals surface area contributed by atoms with Crippen LogP contribution in [0, 0.1) is 0 Å². The molecular formula is C23H23ClN2O5S. The highest BCUT2D eigenvalue weighted by molar-refractivity contribution is 7.89. The van der Waals surface area contributed by atoms with Crippen LogP contribution >= 0.6 is 11.6 Å². The molecule has 0 radical (unpaired) electrons. The van der Waals surface area contributed by atoms with Crippen molar-refractivity contribution in [2.75, 3.05) is 25.5 Å². The lowest BCUT2D eigenvalue weighted by atomic mass is 10.3. The Morgan fingerprint density at radius 3 is 2.31 bits per heavy atom. The number of sulfonamides is 1. The second-order valence-corrected chi connectivity index (χ2v) is 9.22. The number of nitrogens with zero attached hydrogens (tertiary/aromatic N) is 1. The molecule has 0 aliphatic carbocycles. The zero-order valence-corrected chi connectivity index (χ0v) is 19.2. The second-order valence-electron chi connectivity index (χ2n) is 6.77. The Balaban J connectivity index is 1.65. The van der Waals surface area contributed by atoms with Gasteiger partial charge in [0, 0.05) is 17.8 Å². The van der Waals surface area contributed by atoms with Gasteiger partial charge in [-0.2, -0.15) is 4.31 Å². The molecule has 0 saturated carbocycles. The fraction of sp³-hybridized carbons (Fsp3) is 0.174. The molecule has 0 atom stereocenters. The van der Waals surface area contributed by atoms with Gasteiger partial charge in [-0.15, -0.1) is 0 Å². The first-order valence-corrected chi connectivity index (χ1v) is 11.6. The largest absolute Gasteiger partial charge is 0.492 e. The molecule has 3 aromatic rings. The predicted molar refractivity (Wildman–Crippen MR) is 124 cm³/mol. The molecule has 0 saturated heterocycles. The molecule has 0 aliphatic heterocycles. The normalized spacial score (nSPS) is 11.2. The average molecular weight is 475 g/mol. The van der Waals surface area contributed by atoms with Crippen LogP contribution in [0.3, 0.4) is 0 Å². The third kappa shape index (κ3) is 6.00. The van der Waals surface area contributed by atoms with Gasteiger partial charge in [-0.05, 0) is 61.5 Å². The zero-order chi connectivity index (χ0) is 23.1. The summed E-state index contributed by atoms with van der Waals surface area (Å²) in [5.41, 5.74) is 0.513. The third-order valence-electron chi connectivity index (χ3n) is 4.38. The Morgan fingerprint density at radius 1 is 1.00 bits per heavy atom. The molecule has 3 rings (SSSR count). The lowest BCUT2D eigenvalue weighted by molar-refractivity contribution is -0.116. The Kier molecular flexibility index (Phi) is 7.74. The Labute approximate surface area is 192 Å². The van der Waals surface area contributed by atoms with Crippen LogP contribution in [-0.2, 0) is 14.8 Å². The molecule has 0 unspecified atom stereocenters. The molecule has 168 valence electrons. The number of amides is 1. The van der Waals surface area contributed by atoms with Crippen molar-refractivity contribution in [2.45, 2.75) is 11.8 Å². The number of ether oxygens (including phenoxy) is 2. The number of carbonyl (C=O) groups is 1. The van der Waals surface area contributed by atoms with E-state index in [4.69, 9.17) is 21.1 Å². The van der Waals surface area contributed by atoms with Crippen LogP contribution in [-0.4, -0.2) is 38.8 Å². The summed E-state index contributed by atoms with van der Waals surface area (Å²) in [6.45, 7) is 1.65. The van der Waals surface area contributed by atoms with Crippen LogP contribution in [0.4, 0.5) is 5.69 Å². The third-order valence-corrected chi connectivity index (χ3v) is 6.44. The highest BCUT2D eigenvalue weighted by atomic mass is 35.5. The highest BCUT2D eigenvalue weighted by Gasteiger charge is 2.27. The van der Waals surface area contributed by atoms with E-state index in [0.29, 0.717) is 23.8 Å². The average Bonchev–Trinajstić information content (AvgIpc) is 2.77. The van der Waals surface area contributed by atoms with Gasteiger partial charge in [-0.25, -0.2) is 8.42 Å². The molecule has 32 heavy (non-hydrogen) atoms. The first kappa shape index (κ1) is 23.6. The van der Waals surface area contributed by atoms with Gasteiger partial charge in [-0.1, -0.05) is 29.8 Å². The minimum atomic E-state index is -4.00. The Morgan fingerprint density at radius 2 is 1.66 bits per heavy atom. The van der Waals surface area contributed by atoms with E-state index < -0.39 is 15.9 Å². The van der Waals surface area contributed by atoms with Gasteiger partial charge in [0.1, 0.15) is 22.1 Å². The monoisotopic (exact) mass is 474 g/mol. The van der Waals surface area contributed by atoms with Crippen molar-refractivity contribution < 1.29 is 22.7 Å². The van der Waals surface area contributed by atoms with Crippen molar-refractivity contribution in [2.24, 2.45) is 0 Å². The maximum absolute atomic E-state index is 13.0. The number of halogens is 1. The quantitative estimate of drug-likeness (QED) is 0.482. The van der Waals surface area contributed by atoms with E-state index in [1.165, 1.54) is 19.2 Å². The molecule has 1 N–H and O–H groups in total. The summed E-state index contributed by atoms with van der Waals surface area (Å²) in [4.78, 5) is 12.4. The first-order valence-electron chi connectivity index (χ1n) is 9.81. The number of likely N-dealkylation sites (N-methyl/N-ethyl adjacent to an activating group) is 1. The van der Waals surface area contributed by atoms with Crippen LogP contribution < -0.4 is 14.8 Å². The van der Waals surface area contributed by atoms with Crippen molar-refractivity contribution in [3.8, 4) is 17.2 Å².